The number of anilines is 1. The van der Waals surface area contributed by atoms with E-state index in [4.69, 9.17) is 0 Å². The minimum atomic E-state index is 0.740. The molecule has 1 aromatic carbocycles. The van der Waals surface area contributed by atoms with Crippen molar-refractivity contribution in [1.82, 2.24) is 20.4 Å². The zero-order valence-corrected chi connectivity index (χ0v) is 9.16. The molecule has 0 saturated carbocycles. The zero-order chi connectivity index (χ0) is 10.8. The Bertz CT molecular complexity index is 586. The molecular formula is C10H9N5S. The third kappa shape index (κ3) is 1.74. The summed E-state index contributed by atoms with van der Waals surface area (Å²) in [5.74, 6) is 0. The minimum Gasteiger partial charge on any atom is -0.356 e. The molecular weight excluding hydrogens is 222 g/mol. The smallest absolute Gasteiger partial charge is 0.205 e. The summed E-state index contributed by atoms with van der Waals surface area (Å²) < 4.78 is 0. The summed E-state index contributed by atoms with van der Waals surface area (Å²) >= 11 is 1.49. The molecule has 0 radical (unpaired) electrons. The van der Waals surface area contributed by atoms with Crippen LogP contribution >= 0.6 is 11.3 Å². The molecule has 0 aliphatic carbocycles. The van der Waals surface area contributed by atoms with Gasteiger partial charge in [0, 0.05) is 11.9 Å². The van der Waals surface area contributed by atoms with E-state index in [1.54, 1.807) is 5.51 Å². The van der Waals surface area contributed by atoms with Crippen molar-refractivity contribution in [2.75, 3.05) is 5.32 Å². The molecule has 0 unspecified atom stereocenters. The molecule has 5 nitrogen and oxygen atoms in total. The normalized spacial score (nSPS) is 10.8. The molecule has 0 saturated heterocycles. The van der Waals surface area contributed by atoms with E-state index >= 15 is 0 Å². The Balaban J connectivity index is 1.78. The van der Waals surface area contributed by atoms with E-state index in [9.17, 15) is 0 Å². The first-order valence-electron chi connectivity index (χ1n) is 4.84. The number of aromatic nitrogens is 4. The van der Waals surface area contributed by atoms with Crippen LogP contribution in [0.1, 0.15) is 5.56 Å². The first-order valence-corrected chi connectivity index (χ1v) is 5.72. The lowest BCUT2D eigenvalue weighted by Crippen LogP contribution is -1.98. The van der Waals surface area contributed by atoms with Gasteiger partial charge >= 0.3 is 0 Å². The number of nitrogens with zero attached hydrogens (tertiary/aromatic N) is 3. The quantitative estimate of drug-likeness (QED) is 0.723. The van der Waals surface area contributed by atoms with E-state index in [0.717, 1.165) is 22.6 Å². The van der Waals surface area contributed by atoms with Crippen molar-refractivity contribution in [2.45, 2.75) is 6.54 Å². The zero-order valence-electron chi connectivity index (χ0n) is 8.34. The van der Waals surface area contributed by atoms with Crippen LogP contribution in [-0.2, 0) is 6.54 Å². The highest BCUT2D eigenvalue weighted by Gasteiger charge is 1.99. The van der Waals surface area contributed by atoms with Gasteiger partial charge in [-0.2, -0.15) is 5.10 Å². The second-order valence-electron chi connectivity index (χ2n) is 3.39. The van der Waals surface area contributed by atoms with Gasteiger partial charge in [-0.25, -0.2) is 0 Å². The number of fused-ring (bicyclic) bond motifs is 1. The molecule has 0 bridgehead atoms. The fourth-order valence-electron chi connectivity index (χ4n) is 1.52. The highest BCUT2D eigenvalue weighted by atomic mass is 32.1. The molecule has 0 aliphatic heterocycles. The first kappa shape index (κ1) is 9.29. The predicted molar refractivity (Wildman–Crippen MR) is 63.3 cm³/mol. The van der Waals surface area contributed by atoms with E-state index in [1.807, 2.05) is 6.20 Å². The topological polar surface area (TPSA) is 66.5 Å². The molecule has 0 spiro atoms. The molecule has 2 heterocycles. The maximum absolute atomic E-state index is 3.99. The lowest BCUT2D eigenvalue weighted by Gasteiger charge is -2.01. The number of benzene rings is 1. The summed E-state index contributed by atoms with van der Waals surface area (Å²) in [6.07, 6.45) is 1.82. The first-order chi connectivity index (χ1) is 7.92. The van der Waals surface area contributed by atoms with E-state index in [-0.39, 0.29) is 0 Å². The third-order valence-corrected chi connectivity index (χ3v) is 2.96. The second-order valence-corrected chi connectivity index (χ2v) is 4.22. The molecule has 0 atom stereocenters. The fraction of sp³-hybridized carbons (Fsp3) is 0.100. The molecule has 0 fully saturated rings. The van der Waals surface area contributed by atoms with Gasteiger partial charge in [-0.15, -0.1) is 10.2 Å². The van der Waals surface area contributed by atoms with Crippen LogP contribution in [-0.4, -0.2) is 20.4 Å². The summed E-state index contributed by atoms with van der Waals surface area (Å²) in [6.45, 7) is 0.740. The summed E-state index contributed by atoms with van der Waals surface area (Å²) in [5.41, 5.74) is 3.95. The Morgan fingerprint density at radius 2 is 2.38 bits per heavy atom. The minimum absolute atomic E-state index is 0.740. The Morgan fingerprint density at radius 1 is 1.38 bits per heavy atom. The highest BCUT2D eigenvalue weighted by Crippen LogP contribution is 2.15. The molecule has 80 valence electrons. The molecule has 2 aromatic heterocycles. The Hall–Kier alpha value is -1.95. The lowest BCUT2D eigenvalue weighted by atomic mass is 10.2. The molecule has 16 heavy (non-hydrogen) atoms. The van der Waals surface area contributed by atoms with Gasteiger partial charge in [0.05, 0.1) is 11.7 Å². The fourth-order valence-corrected chi connectivity index (χ4v) is 1.97. The van der Waals surface area contributed by atoms with Gasteiger partial charge < -0.3 is 5.32 Å². The molecule has 6 heteroatoms. The average molecular weight is 231 g/mol. The number of aromatic amines is 1. The summed E-state index contributed by atoms with van der Waals surface area (Å²) in [6, 6.07) is 6.21. The van der Waals surface area contributed by atoms with Gasteiger partial charge in [-0.05, 0) is 11.6 Å². The summed E-state index contributed by atoms with van der Waals surface area (Å²) in [4.78, 5) is 0. The third-order valence-electron chi connectivity index (χ3n) is 2.31. The number of nitrogens with one attached hydrogen (secondary N) is 2. The largest absolute Gasteiger partial charge is 0.356 e. The number of hydrogen-bond donors (Lipinski definition) is 2. The summed E-state index contributed by atoms with van der Waals surface area (Å²) in [5, 5.41) is 19.8. The number of H-pyrrole nitrogens is 1. The Labute approximate surface area is 95.5 Å². The number of rotatable bonds is 3. The van der Waals surface area contributed by atoms with Crippen molar-refractivity contribution in [3.63, 3.8) is 0 Å². The molecule has 0 aliphatic rings. The Kier molecular flexibility index (Phi) is 2.26. The van der Waals surface area contributed by atoms with Crippen molar-refractivity contribution < 1.29 is 0 Å². The van der Waals surface area contributed by atoms with Crippen LogP contribution in [0, 0.1) is 0 Å². The molecule has 2 N–H and O–H groups in total. The van der Waals surface area contributed by atoms with Crippen LogP contribution in [0.3, 0.4) is 0 Å². The van der Waals surface area contributed by atoms with Gasteiger partial charge in [-0.3, -0.25) is 5.10 Å². The standard InChI is InChI=1S/C10H9N5S/c1-2-8-5-12-14-9(8)3-7(1)4-11-10-15-13-6-16-10/h1-3,5-6H,4H2,(H,11,15)(H,12,14). The van der Waals surface area contributed by atoms with E-state index < -0.39 is 0 Å². The van der Waals surface area contributed by atoms with Crippen LogP contribution in [0.4, 0.5) is 5.13 Å². The van der Waals surface area contributed by atoms with E-state index in [2.05, 4.69) is 43.9 Å². The van der Waals surface area contributed by atoms with Gasteiger partial charge in [-0.1, -0.05) is 23.5 Å². The maximum Gasteiger partial charge on any atom is 0.205 e. The van der Waals surface area contributed by atoms with Crippen LogP contribution in [0.5, 0.6) is 0 Å². The van der Waals surface area contributed by atoms with Crippen molar-refractivity contribution in [2.24, 2.45) is 0 Å². The monoisotopic (exact) mass is 231 g/mol. The molecule has 3 aromatic rings. The van der Waals surface area contributed by atoms with Crippen molar-refractivity contribution in [1.29, 1.82) is 0 Å². The van der Waals surface area contributed by atoms with Gasteiger partial charge in [0.25, 0.3) is 0 Å². The summed E-state index contributed by atoms with van der Waals surface area (Å²) in [7, 11) is 0. The maximum atomic E-state index is 3.99. The molecule has 3 rings (SSSR count). The van der Waals surface area contributed by atoms with Crippen LogP contribution < -0.4 is 5.32 Å². The van der Waals surface area contributed by atoms with Gasteiger partial charge in [0.15, 0.2) is 0 Å². The average Bonchev–Trinajstić information content (AvgIpc) is 2.97. The lowest BCUT2D eigenvalue weighted by molar-refractivity contribution is 1.05. The van der Waals surface area contributed by atoms with Gasteiger partial charge in [0.2, 0.25) is 5.13 Å². The van der Waals surface area contributed by atoms with Crippen LogP contribution in [0.15, 0.2) is 29.9 Å². The van der Waals surface area contributed by atoms with Crippen molar-refractivity contribution in [3.05, 3.63) is 35.5 Å². The Morgan fingerprint density at radius 3 is 3.25 bits per heavy atom. The number of hydrogen-bond acceptors (Lipinski definition) is 5. The molecule has 0 amide bonds. The van der Waals surface area contributed by atoms with Crippen LogP contribution in [0.25, 0.3) is 10.9 Å². The second kappa shape index (κ2) is 3.90. The van der Waals surface area contributed by atoms with Crippen molar-refractivity contribution in [3.8, 4) is 0 Å². The highest BCUT2D eigenvalue weighted by molar-refractivity contribution is 7.13. The predicted octanol–water partition coefficient (Wildman–Crippen LogP) is 2.03. The van der Waals surface area contributed by atoms with Gasteiger partial charge in [0.1, 0.15) is 5.51 Å². The van der Waals surface area contributed by atoms with E-state index in [1.165, 1.54) is 16.9 Å². The van der Waals surface area contributed by atoms with Crippen molar-refractivity contribution >= 4 is 27.4 Å². The van der Waals surface area contributed by atoms with Crippen LogP contribution in [0.2, 0.25) is 0 Å². The van der Waals surface area contributed by atoms with E-state index in [0.29, 0.717) is 0 Å². The SMILES string of the molecule is c1nnc(NCc2ccc3cn[nH]c3c2)s1.